The molecular weight excluding hydrogens is 461 g/mol. The zero-order chi connectivity index (χ0) is 22.7. The van der Waals surface area contributed by atoms with Gasteiger partial charge in [-0.25, -0.2) is 0 Å². The maximum absolute atomic E-state index is 13.1. The minimum absolute atomic E-state index is 0.158. The first-order valence-corrected chi connectivity index (χ1v) is 11.0. The summed E-state index contributed by atoms with van der Waals surface area (Å²) in [4.78, 5) is 20.8. The van der Waals surface area contributed by atoms with Crippen LogP contribution in [0.2, 0.25) is 5.02 Å². The van der Waals surface area contributed by atoms with Crippen molar-refractivity contribution in [1.29, 1.82) is 0 Å². The number of nitrogens with zero attached hydrogens (tertiary/aromatic N) is 2. The van der Waals surface area contributed by atoms with Crippen LogP contribution in [0.3, 0.4) is 0 Å². The maximum atomic E-state index is 13.1. The lowest BCUT2D eigenvalue weighted by Crippen LogP contribution is -2.37. The van der Waals surface area contributed by atoms with Gasteiger partial charge in [0.1, 0.15) is 0 Å². The Hall–Kier alpha value is -2.84. The molecule has 0 N–H and O–H groups in total. The normalized spacial score (nSPS) is 15.9. The van der Waals surface area contributed by atoms with Crippen molar-refractivity contribution in [2.75, 3.05) is 6.54 Å². The predicted molar refractivity (Wildman–Crippen MR) is 118 cm³/mol. The Labute approximate surface area is 191 Å². The molecule has 1 atom stereocenters. The second kappa shape index (κ2) is 9.34. The van der Waals surface area contributed by atoms with Crippen molar-refractivity contribution < 1.29 is 22.8 Å². The molecule has 166 valence electrons. The summed E-state index contributed by atoms with van der Waals surface area (Å²) in [5.74, 6) is -0.205. The zero-order valence-electron chi connectivity index (χ0n) is 16.7. The lowest BCUT2D eigenvalue weighted by atomic mass is 10.0. The average Bonchev–Trinajstić information content (AvgIpc) is 3.46. The number of hydrogen-bond donors (Lipinski definition) is 0. The lowest BCUT2D eigenvalue weighted by Gasteiger charge is -2.24. The molecule has 0 spiro atoms. The Bertz CT molecular complexity index is 1100. The van der Waals surface area contributed by atoms with E-state index in [0.29, 0.717) is 21.9 Å². The van der Waals surface area contributed by atoms with E-state index in [9.17, 15) is 18.0 Å². The molecule has 3 aromatic rings. The van der Waals surface area contributed by atoms with E-state index in [4.69, 9.17) is 16.4 Å². The third kappa shape index (κ3) is 5.31. The van der Waals surface area contributed by atoms with E-state index in [-0.39, 0.29) is 25.1 Å². The van der Waals surface area contributed by atoms with Crippen LogP contribution in [0.4, 0.5) is 13.2 Å². The SMILES string of the molecule is O=C(c1cccs1)N(Cc1ccc(C(F)(F)F)cc1)C[C@H]1CC(c2ccc(Cl)cc2)=NO1. The number of oxime groups is 1. The summed E-state index contributed by atoms with van der Waals surface area (Å²) in [5, 5.41) is 6.57. The molecule has 0 aliphatic carbocycles. The van der Waals surface area contributed by atoms with Crippen molar-refractivity contribution in [2.45, 2.75) is 25.2 Å². The Morgan fingerprint density at radius 3 is 2.47 bits per heavy atom. The van der Waals surface area contributed by atoms with Gasteiger partial charge in [0.2, 0.25) is 0 Å². The average molecular weight is 479 g/mol. The Morgan fingerprint density at radius 2 is 1.84 bits per heavy atom. The van der Waals surface area contributed by atoms with Crippen LogP contribution in [-0.2, 0) is 17.6 Å². The minimum atomic E-state index is -4.40. The van der Waals surface area contributed by atoms with Crippen LogP contribution in [0.1, 0.15) is 32.8 Å². The Balaban J connectivity index is 1.48. The van der Waals surface area contributed by atoms with Gasteiger partial charge in [-0.15, -0.1) is 11.3 Å². The number of carbonyl (C=O) groups is 1. The molecule has 0 saturated carbocycles. The predicted octanol–water partition coefficient (Wildman–Crippen LogP) is 6.26. The van der Waals surface area contributed by atoms with Crippen LogP contribution >= 0.6 is 22.9 Å². The third-order valence-corrected chi connectivity index (χ3v) is 6.12. The summed E-state index contributed by atoms with van der Waals surface area (Å²) in [7, 11) is 0. The first-order chi connectivity index (χ1) is 15.3. The molecule has 1 aromatic heterocycles. The molecule has 4 nitrogen and oxygen atoms in total. The van der Waals surface area contributed by atoms with E-state index in [1.807, 2.05) is 12.1 Å². The Kier molecular flexibility index (Phi) is 6.53. The minimum Gasteiger partial charge on any atom is -0.390 e. The lowest BCUT2D eigenvalue weighted by molar-refractivity contribution is -0.137. The van der Waals surface area contributed by atoms with Gasteiger partial charge in [-0.1, -0.05) is 47.1 Å². The summed E-state index contributed by atoms with van der Waals surface area (Å²) in [6.45, 7) is 0.406. The van der Waals surface area contributed by atoms with Gasteiger partial charge in [0.05, 0.1) is 22.7 Å². The fraction of sp³-hybridized carbons (Fsp3) is 0.217. The number of alkyl halides is 3. The van der Waals surface area contributed by atoms with Crippen molar-refractivity contribution in [3.8, 4) is 0 Å². The molecule has 1 aliphatic heterocycles. The van der Waals surface area contributed by atoms with E-state index in [0.717, 1.165) is 23.4 Å². The van der Waals surface area contributed by atoms with E-state index >= 15 is 0 Å². The van der Waals surface area contributed by atoms with Gasteiger partial charge < -0.3 is 9.74 Å². The van der Waals surface area contributed by atoms with E-state index in [2.05, 4.69) is 5.16 Å². The number of halogens is 4. The molecule has 0 unspecified atom stereocenters. The summed E-state index contributed by atoms with van der Waals surface area (Å²) in [5.41, 5.74) is 1.51. The summed E-state index contributed by atoms with van der Waals surface area (Å²) in [6, 6.07) is 15.6. The van der Waals surface area contributed by atoms with Crippen LogP contribution in [-0.4, -0.2) is 29.2 Å². The van der Waals surface area contributed by atoms with Crippen molar-refractivity contribution in [3.05, 3.63) is 92.6 Å². The monoisotopic (exact) mass is 478 g/mol. The van der Waals surface area contributed by atoms with Crippen LogP contribution in [0, 0.1) is 0 Å². The number of carbonyl (C=O) groups excluding carboxylic acids is 1. The topological polar surface area (TPSA) is 41.9 Å². The summed E-state index contributed by atoms with van der Waals surface area (Å²) in [6.07, 6.45) is -4.26. The van der Waals surface area contributed by atoms with Gasteiger partial charge in [-0.2, -0.15) is 13.2 Å². The number of thiophene rings is 1. The first kappa shape index (κ1) is 22.4. The molecule has 0 radical (unpaired) electrons. The molecule has 2 heterocycles. The number of rotatable bonds is 6. The highest BCUT2D eigenvalue weighted by Gasteiger charge is 2.31. The van der Waals surface area contributed by atoms with Crippen LogP contribution < -0.4 is 0 Å². The van der Waals surface area contributed by atoms with Gasteiger partial charge in [0, 0.05) is 18.0 Å². The second-order valence-corrected chi connectivity index (χ2v) is 8.72. The molecule has 0 saturated heterocycles. The molecule has 1 aliphatic rings. The quantitative estimate of drug-likeness (QED) is 0.420. The summed E-state index contributed by atoms with van der Waals surface area (Å²) >= 11 is 7.25. The zero-order valence-corrected chi connectivity index (χ0v) is 18.3. The van der Waals surface area contributed by atoms with Crippen molar-refractivity contribution in [1.82, 2.24) is 4.90 Å². The smallest absolute Gasteiger partial charge is 0.390 e. The number of benzene rings is 2. The molecule has 9 heteroatoms. The van der Waals surface area contributed by atoms with E-state index < -0.39 is 11.7 Å². The van der Waals surface area contributed by atoms with Gasteiger partial charge >= 0.3 is 6.18 Å². The third-order valence-electron chi connectivity index (χ3n) is 5.01. The van der Waals surface area contributed by atoms with Crippen molar-refractivity contribution in [2.24, 2.45) is 5.16 Å². The van der Waals surface area contributed by atoms with Crippen LogP contribution in [0.25, 0.3) is 0 Å². The van der Waals surface area contributed by atoms with Gasteiger partial charge in [-0.3, -0.25) is 4.79 Å². The largest absolute Gasteiger partial charge is 0.416 e. The summed E-state index contributed by atoms with van der Waals surface area (Å²) < 4.78 is 38.6. The Morgan fingerprint density at radius 1 is 1.12 bits per heavy atom. The highest BCUT2D eigenvalue weighted by Crippen LogP contribution is 2.29. The van der Waals surface area contributed by atoms with Crippen LogP contribution in [0.15, 0.2) is 71.2 Å². The highest BCUT2D eigenvalue weighted by molar-refractivity contribution is 7.12. The molecule has 0 bridgehead atoms. The maximum Gasteiger partial charge on any atom is 0.416 e. The van der Waals surface area contributed by atoms with Gasteiger partial charge in [0.15, 0.2) is 6.10 Å². The number of amides is 1. The first-order valence-electron chi connectivity index (χ1n) is 9.77. The number of hydrogen-bond acceptors (Lipinski definition) is 4. The van der Waals surface area contributed by atoms with Crippen LogP contribution in [0.5, 0.6) is 0 Å². The molecule has 0 fully saturated rings. The molecule has 4 rings (SSSR count). The van der Waals surface area contributed by atoms with Crippen molar-refractivity contribution >= 4 is 34.6 Å². The van der Waals surface area contributed by atoms with E-state index in [1.54, 1.807) is 34.5 Å². The van der Waals surface area contributed by atoms with Gasteiger partial charge in [0.25, 0.3) is 5.91 Å². The highest BCUT2D eigenvalue weighted by atomic mass is 35.5. The molecular formula is C23H18ClF3N2O2S. The second-order valence-electron chi connectivity index (χ2n) is 7.33. The van der Waals surface area contributed by atoms with Crippen molar-refractivity contribution in [3.63, 3.8) is 0 Å². The van der Waals surface area contributed by atoms with Gasteiger partial charge in [-0.05, 0) is 46.8 Å². The van der Waals surface area contributed by atoms with E-state index in [1.165, 1.54) is 23.5 Å². The fourth-order valence-corrected chi connectivity index (χ4v) is 4.20. The fourth-order valence-electron chi connectivity index (χ4n) is 3.38. The molecule has 2 aromatic carbocycles. The molecule has 32 heavy (non-hydrogen) atoms. The standard InChI is InChI=1S/C23H18ClF3N2O2S/c24-18-9-5-16(6-10-18)20-12-19(31-28-20)14-29(22(30)21-2-1-11-32-21)13-15-3-7-17(8-4-15)23(25,26)27/h1-11,19H,12-14H2/t19-/m1/s1. The molecule has 1 amide bonds.